The zero-order valence-electron chi connectivity index (χ0n) is 8.51. The molecular formula is C11H12ClNO3. The van der Waals surface area contributed by atoms with Crippen molar-refractivity contribution < 1.29 is 15.0 Å². The van der Waals surface area contributed by atoms with Gasteiger partial charge in [0, 0.05) is 23.7 Å². The van der Waals surface area contributed by atoms with Gasteiger partial charge in [0.15, 0.2) is 0 Å². The molecule has 16 heavy (non-hydrogen) atoms. The van der Waals surface area contributed by atoms with Gasteiger partial charge in [-0.05, 0) is 24.3 Å². The topological polar surface area (TPSA) is 60.8 Å². The summed E-state index contributed by atoms with van der Waals surface area (Å²) in [6, 6.07) is 6.53. The van der Waals surface area contributed by atoms with E-state index in [0.717, 1.165) is 0 Å². The van der Waals surface area contributed by atoms with Crippen LogP contribution in [-0.2, 0) is 0 Å². The highest BCUT2D eigenvalue weighted by atomic mass is 35.5. The van der Waals surface area contributed by atoms with Gasteiger partial charge in [-0.25, -0.2) is 0 Å². The van der Waals surface area contributed by atoms with Crippen LogP contribution in [0.5, 0.6) is 0 Å². The van der Waals surface area contributed by atoms with E-state index in [2.05, 4.69) is 0 Å². The lowest BCUT2D eigenvalue weighted by Crippen LogP contribution is -2.29. The van der Waals surface area contributed by atoms with E-state index < -0.39 is 12.2 Å². The van der Waals surface area contributed by atoms with Crippen molar-refractivity contribution in [3.63, 3.8) is 0 Å². The second-order valence-corrected chi connectivity index (χ2v) is 4.29. The lowest BCUT2D eigenvalue weighted by Gasteiger charge is -2.15. The minimum atomic E-state index is -0.851. The number of β-amino-alcohol motifs (C(OH)–C–C–N with tert-alkyl or cyclic N) is 2. The average Bonchev–Trinajstić information content (AvgIpc) is 2.59. The van der Waals surface area contributed by atoms with Gasteiger partial charge in [-0.2, -0.15) is 0 Å². The van der Waals surface area contributed by atoms with E-state index in [9.17, 15) is 15.0 Å². The first-order valence-corrected chi connectivity index (χ1v) is 5.36. The van der Waals surface area contributed by atoms with Gasteiger partial charge in [-0.1, -0.05) is 11.6 Å². The smallest absolute Gasteiger partial charge is 0.254 e. The zero-order valence-corrected chi connectivity index (χ0v) is 9.26. The molecule has 0 radical (unpaired) electrons. The summed E-state index contributed by atoms with van der Waals surface area (Å²) in [4.78, 5) is 13.3. The van der Waals surface area contributed by atoms with Crippen molar-refractivity contribution >= 4 is 17.5 Å². The lowest BCUT2D eigenvalue weighted by molar-refractivity contribution is 0.0572. The van der Waals surface area contributed by atoms with Crippen molar-refractivity contribution in [2.45, 2.75) is 12.2 Å². The number of carbonyl (C=O) groups is 1. The van der Waals surface area contributed by atoms with Crippen molar-refractivity contribution in [3.8, 4) is 0 Å². The van der Waals surface area contributed by atoms with Gasteiger partial charge >= 0.3 is 0 Å². The Hall–Kier alpha value is -1.10. The minimum absolute atomic E-state index is 0.169. The lowest BCUT2D eigenvalue weighted by atomic mass is 10.2. The van der Waals surface area contributed by atoms with E-state index in [4.69, 9.17) is 11.6 Å². The maximum Gasteiger partial charge on any atom is 0.254 e. The number of halogens is 1. The average molecular weight is 242 g/mol. The number of amides is 1. The highest BCUT2D eigenvalue weighted by Crippen LogP contribution is 2.16. The minimum Gasteiger partial charge on any atom is -0.388 e. The SMILES string of the molecule is O=C(c1ccc(Cl)cc1)N1C[C@@H](O)[C@@H](O)C1. The van der Waals surface area contributed by atoms with E-state index in [1.165, 1.54) is 4.90 Å². The van der Waals surface area contributed by atoms with E-state index in [1.807, 2.05) is 0 Å². The monoisotopic (exact) mass is 241 g/mol. The van der Waals surface area contributed by atoms with Crippen LogP contribution in [0.1, 0.15) is 10.4 Å². The van der Waals surface area contributed by atoms with Crippen LogP contribution in [0, 0.1) is 0 Å². The molecule has 0 bridgehead atoms. The van der Waals surface area contributed by atoms with Crippen molar-refractivity contribution in [2.75, 3.05) is 13.1 Å². The molecule has 1 amide bonds. The molecule has 1 aliphatic heterocycles. The van der Waals surface area contributed by atoms with Gasteiger partial charge in [-0.3, -0.25) is 4.79 Å². The van der Waals surface area contributed by atoms with E-state index in [-0.39, 0.29) is 19.0 Å². The van der Waals surface area contributed by atoms with Crippen molar-refractivity contribution in [1.82, 2.24) is 4.90 Å². The molecule has 1 heterocycles. The predicted molar refractivity (Wildman–Crippen MR) is 59.4 cm³/mol. The number of hydrogen-bond donors (Lipinski definition) is 2. The first kappa shape index (κ1) is 11.4. The number of carbonyl (C=O) groups excluding carboxylic acids is 1. The van der Waals surface area contributed by atoms with Crippen LogP contribution in [0.15, 0.2) is 24.3 Å². The number of aliphatic hydroxyl groups excluding tert-OH is 2. The molecule has 1 aromatic carbocycles. The van der Waals surface area contributed by atoms with Crippen LogP contribution in [0.3, 0.4) is 0 Å². The highest BCUT2D eigenvalue weighted by molar-refractivity contribution is 6.30. The summed E-state index contributed by atoms with van der Waals surface area (Å²) in [5, 5.41) is 19.3. The molecule has 2 rings (SSSR count). The summed E-state index contributed by atoms with van der Waals surface area (Å²) >= 11 is 5.72. The maximum atomic E-state index is 11.9. The van der Waals surface area contributed by atoms with Crippen molar-refractivity contribution in [1.29, 1.82) is 0 Å². The largest absolute Gasteiger partial charge is 0.388 e. The van der Waals surface area contributed by atoms with Gasteiger partial charge in [0.1, 0.15) is 0 Å². The fourth-order valence-electron chi connectivity index (χ4n) is 1.71. The number of likely N-dealkylation sites (tertiary alicyclic amines) is 1. The number of rotatable bonds is 1. The van der Waals surface area contributed by atoms with Crippen LogP contribution >= 0.6 is 11.6 Å². The standard InChI is InChI=1S/C11H12ClNO3/c12-8-3-1-7(2-4-8)11(16)13-5-9(14)10(15)6-13/h1-4,9-10,14-15H,5-6H2/t9-,10+. The van der Waals surface area contributed by atoms with Gasteiger partial charge in [0.2, 0.25) is 0 Å². The first-order valence-electron chi connectivity index (χ1n) is 4.99. The number of aliphatic hydroxyl groups is 2. The van der Waals surface area contributed by atoms with Crippen LogP contribution in [-0.4, -0.2) is 46.3 Å². The van der Waals surface area contributed by atoms with Gasteiger partial charge in [0.05, 0.1) is 12.2 Å². The third-order valence-corrected chi connectivity index (χ3v) is 2.89. The maximum absolute atomic E-state index is 11.9. The Kier molecular flexibility index (Phi) is 3.14. The molecule has 86 valence electrons. The fourth-order valence-corrected chi connectivity index (χ4v) is 1.84. The Labute approximate surface area is 98.1 Å². The summed E-state index contributed by atoms with van der Waals surface area (Å²) in [6.07, 6.45) is -1.70. The Balaban J connectivity index is 2.11. The van der Waals surface area contributed by atoms with Gasteiger partial charge < -0.3 is 15.1 Å². The fraction of sp³-hybridized carbons (Fsp3) is 0.364. The van der Waals surface area contributed by atoms with Crippen LogP contribution in [0.4, 0.5) is 0 Å². The summed E-state index contributed by atoms with van der Waals surface area (Å²) in [6.45, 7) is 0.339. The van der Waals surface area contributed by atoms with Crippen LogP contribution in [0.25, 0.3) is 0 Å². The quantitative estimate of drug-likeness (QED) is 0.754. The Morgan fingerprint density at radius 3 is 2.19 bits per heavy atom. The molecule has 0 spiro atoms. The van der Waals surface area contributed by atoms with E-state index >= 15 is 0 Å². The zero-order chi connectivity index (χ0) is 11.7. The van der Waals surface area contributed by atoms with Gasteiger partial charge in [0.25, 0.3) is 5.91 Å². The molecule has 0 saturated carbocycles. The summed E-state index contributed by atoms with van der Waals surface area (Å²) in [7, 11) is 0. The number of benzene rings is 1. The normalized spacial score (nSPS) is 24.8. The summed E-state index contributed by atoms with van der Waals surface area (Å²) in [5.74, 6) is -0.202. The molecule has 1 aliphatic rings. The number of hydrogen-bond acceptors (Lipinski definition) is 3. The molecule has 5 heteroatoms. The van der Waals surface area contributed by atoms with Crippen LogP contribution in [0.2, 0.25) is 5.02 Å². The molecule has 2 N–H and O–H groups in total. The Morgan fingerprint density at radius 2 is 1.69 bits per heavy atom. The molecule has 2 atom stereocenters. The Morgan fingerprint density at radius 1 is 1.19 bits per heavy atom. The van der Waals surface area contributed by atoms with Crippen molar-refractivity contribution in [3.05, 3.63) is 34.9 Å². The van der Waals surface area contributed by atoms with E-state index in [0.29, 0.717) is 10.6 Å². The molecule has 1 saturated heterocycles. The summed E-state index contributed by atoms with van der Waals surface area (Å²) < 4.78 is 0. The number of nitrogens with zero attached hydrogens (tertiary/aromatic N) is 1. The second-order valence-electron chi connectivity index (χ2n) is 3.85. The third-order valence-electron chi connectivity index (χ3n) is 2.64. The van der Waals surface area contributed by atoms with E-state index in [1.54, 1.807) is 24.3 Å². The Bertz CT molecular complexity index is 383. The molecule has 4 nitrogen and oxygen atoms in total. The van der Waals surface area contributed by atoms with Gasteiger partial charge in [-0.15, -0.1) is 0 Å². The second kappa shape index (κ2) is 4.41. The van der Waals surface area contributed by atoms with Crippen molar-refractivity contribution in [2.24, 2.45) is 0 Å². The van der Waals surface area contributed by atoms with Crippen LogP contribution < -0.4 is 0 Å². The molecule has 0 aliphatic carbocycles. The molecule has 1 aromatic rings. The first-order chi connectivity index (χ1) is 7.58. The molecule has 0 aromatic heterocycles. The highest BCUT2D eigenvalue weighted by Gasteiger charge is 2.32. The molecular weight excluding hydrogens is 230 g/mol. The summed E-state index contributed by atoms with van der Waals surface area (Å²) in [5.41, 5.74) is 0.505. The third kappa shape index (κ3) is 2.19. The predicted octanol–water partition coefficient (Wildman–Crippen LogP) is 0.518. The molecule has 0 unspecified atom stereocenters. The molecule has 1 fully saturated rings.